The highest BCUT2D eigenvalue weighted by Gasteiger charge is 2.07. The number of hydrogen-bond donors (Lipinski definition) is 1. The van der Waals surface area contributed by atoms with Crippen molar-refractivity contribution in [1.29, 1.82) is 5.26 Å². The molecule has 0 saturated heterocycles. The van der Waals surface area contributed by atoms with E-state index in [0.29, 0.717) is 16.8 Å². The predicted molar refractivity (Wildman–Crippen MR) is 81.7 cm³/mol. The Morgan fingerprint density at radius 1 is 1.52 bits per heavy atom. The zero-order valence-corrected chi connectivity index (χ0v) is 11.5. The molecule has 0 bridgehead atoms. The van der Waals surface area contributed by atoms with E-state index in [1.165, 1.54) is 6.07 Å². The van der Waals surface area contributed by atoms with Crippen molar-refractivity contribution in [3.63, 3.8) is 0 Å². The highest BCUT2D eigenvalue weighted by Crippen LogP contribution is 2.14. The van der Waals surface area contributed by atoms with E-state index in [1.54, 1.807) is 24.3 Å². The van der Waals surface area contributed by atoms with E-state index in [0.717, 1.165) is 0 Å². The Kier molecular flexibility index (Phi) is 4.32. The molecule has 0 radical (unpaired) electrons. The summed E-state index contributed by atoms with van der Waals surface area (Å²) in [7, 11) is 0. The van der Waals surface area contributed by atoms with Gasteiger partial charge in [0.25, 0.3) is 0 Å². The quantitative estimate of drug-likeness (QED) is 0.870. The molecule has 0 aliphatic rings. The van der Waals surface area contributed by atoms with Crippen molar-refractivity contribution in [2.45, 2.75) is 6.92 Å². The largest absolute Gasteiger partial charge is 0.388 e. The molecule has 0 aliphatic carbocycles. The van der Waals surface area contributed by atoms with E-state index in [4.69, 9.17) is 9.68 Å². The summed E-state index contributed by atoms with van der Waals surface area (Å²) in [5, 5.41) is 12.0. The zero-order chi connectivity index (χ0) is 15.2. The minimum absolute atomic E-state index is 0.0767. The summed E-state index contributed by atoms with van der Waals surface area (Å²) in [6, 6.07) is 6.72. The Balaban J connectivity index is 2.46. The van der Waals surface area contributed by atoms with Crippen LogP contribution in [0, 0.1) is 11.3 Å². The van der Waals surface area contributed by atoms with Gasteiger partial charge in [-0.1, -0.05) is 18.7 Å². The lowest BCUT2D eigenvalue weighted by Gasteiger charge is -2.05. The van der Waals surface area contributed by atoms with Gasteiger partial charge < -0.3 is 9.73 Å². The Morgan fingerprint density at radius 3 is 3.00 bits per heavy atom. The van der Waals surface area contributed by atoms with Gasteiger partial charge in [0.15, 0.2) is 0 Å². The predicted octanol–water partition coefficient (Wildman–Crippen LogP) is 3.12. The van der Waals surface area contributed by atoms with E-state index in [1.807, 2.05) is 25.1 Å². The number of allylic oxidation sites excluding steroid dienone is 4. The van der Waals surface area contributed by atoms with Crippen LogP contribution in [0.25, 0.3) is 10.9 Å². The number of nitriles is 1. The summed E-state index contributed by atoms with van der Waals surface area (Å²) in [6.07, 6.45) is 7.04. The van der Waals surface area contributed by atoms with Gasteiger partial charge in [0, 0.05) is 5.70 Å². The van der Waals surface area contributed by atoms with Crippen molar-refractivity contribution in [3.05, 3.63) is 70.8 Å². The fraction of sp³-hybridized carbons (Fsp3) is 0.0625. The summed E-state index contributed by atoms with van der Waals surface area (Å²) in [5.41, 5.74) is 0.949. The fourth-order valence-corrected chi connectivity index (χ4v) is 1.68. The van der Waals surface area contributed by atoms with Crippen LogP contribution in [-0.2, 0) is 0 Å². The van der Waals surface area contributed by atoms with Crippen molar-refractivity contribution in [2.75, 3.05) is 5.32 Å². The van der Waals surface area contributed by atoms with Crippen LogP contribution in [0.4, 0.5) is 6.01 Å². The number of nitrogens with one attached hydrogen (secondary N) is 1. The van der Waals surface area contributed by atoms with Crippen LogP contribution in [0.5, 0.6) is 0 Å². The first-order valence-corrected chi connectivity index (χ1v) is 6.25. The van der Waals surface area contributed by atoms with Gasteiger partial charge >= 0.3 is 11.6 Å². The fourth-order valence-electron chi connectivity index (χ4n) is 1.68. The minimum Gasteiger partial charge on any atom is -0.388 e. The molecule has 104 valence electrons. The van der Waals surface area contributed by atoms with E-state index in [9.17, 15) is 4.79 Å². The molecule has 0 amide bonds. The highest BCUT2D eigenvalue weighted by molar-refractivity contribution is 5.79. The lowest BCUT2D eigenvalue weighted by atomic mass is 10.2. The molecule has 0 saturated carbocycles. The molecule has 2 aromatic rings. The molecule has 2 rings (SSSR count). The standard InChI is InChI=1S/C16H13N3O2/c1-3-5-6-12(4-2)18-16-19-14-8-7-11(10-17)9-13(14)15(20)21-16/h3-9H,2H2,1H3,(H,18,19)/b5-3-,12-6+. The monoisotopic (exact) mass is 279 g/mol. The molecule has 5 heteroatoms. The number of anilines is 1. The molecule has 0 unspecified atom stereocenters. The number of nitrogens with zero attached hydrogens (tertiary/aromatic N) is 2. The number of rotatable bonds is 4. The molecular weight excluding hydrogens is 266 g/mol. The van der Waals surface area contributed by atoms with Gasteiger partial charge in [0.2, 0.25) is 0 Å². The van der Waals surface area contributed by atoms with E-state index in [-0.39, 0.29) is 11.4 Å². The molecule has 0 spiro atoms. The van der Waals surface area contributed by atoms with Gasteiger partial charge in [0.1, 0.15) is 0 Å². The molecule has 1 N–H and O–H groups in total. The Morgan fingerprint density at radius 2 is 2.33 bits per heavy atom. The highest BCUT2D eigenvalue weighted by atomic mass is 16.4. The molecule has 0 atom stereocenters. The third kappa shape index (κ3) is 3.25. The normalized spacial score (nSPS) is 11.5. The molecule has 1 heterocycles. The average molecular weight is 279 g/mol. The Hall–Kier alpha value is -3.13. The van der Waals surface area contributed by atoms with Crippen LogP contribution in [0.2, 0.25) is 0 Å². The van der Waals surface area contributed by atoms with E-state index >= 15 is 0 Å². The molecule has 0 aliphatic heterocycles. The maximum Gasteiger partial charge on any atom is 0.348 e. The molecule has 21 heavy (non-hydrogen) atoms. The summed E-state index contributed by atoms with van der Waals surface area (Å²) < 4.78 is 5.10. The zero-order valence-electron chi connectivity index (χ0n) is 11.5. The Bertz CT molecular complexity index is 839. The second-order valence-electron chi connectivity index (χ2n) is 4.13. The van der Waals surface area contributed by atoms with Gasteiger partial charge in [-0.25, -0.2) is 4.79 Å². The van der Waals surface area contributed by atoms with Crippen molar-refractivity contribution in [3.8, 4) is 6.07 Å². The van der Waals surface area contributed by atoms with E-state index in [2.05, 4.69) is 16.9 Å². The first-order valence-electron chi connectivity index (χ1n) is 6.25. The summed E-state index contributed by atoms with van der Waals surface area (Å²) >= 11 is 0. The second kappa shape index (κ2) is 6.35. The molecular formula is C16H13N3O2. The minimum atomic E-state index is -0.547. The van der Waals surface area contributed by atoms with Crippen molar-refractivity contribution >= 4 is 16.9 Å². The number of hydrogen-bond acceptors (Lipinski definition) is 5. The lowest BCUT2D eigenvalue weighted by molar-refractivity contribution is 0.520. The van der Waals surface area contributed by atoms with Crippen molar-refractivity contribution in [1.82, 2.24) is 4.98 Å². The van der Waals surface area contributed by atoms with E-state index < -0.39 is 5.63 Å². The van der Waals surface area contributed by atoms with Gasteiger partial charge in [0.05, 0.1) is 22.5 Å². The first-order chi connectivity index (χ1) is 10.2. The molecule has 0 fully saturated rings. The number of benzene rings is 1. The topological polar surface area (TPSA) is 78.9 Å². The SMILES string of the molecule is C=C/C(=C\C=C/C)Nc1nc2ccc(C#N)cc2c(=O)o1. The van der Waals surface area contributed by atoms with Crippen molar-refractivity contribution < 1.29 is 4.42 Å². The van der Waals surface area contributed by atoms with Crippen molar-refractivity contribution in [2.24, 2.45) is 0 Å². The van der Waals surface area contributed by atoms with Gasteiger partial charge in [-0.3, -0.25) is 0 Å². The third-order valence-electron chi connectivity index (χ3n) is 2.70. The maximum absolute atomic E-state index is 11.9. The van der Waals surface area contributed by atoms with Crippen LogP contribution in [0.1, 0.15) is 12.5 Å². The van der Waals surface area contributed by atoms with Gasteiger partial charge in [-0.15, -0.1) is 0 Å². The number of fused-ring (bicyclic) bond motifs is 1. The second-order valence-corrected chi connectivity index (χ2v) is 4.13. The summed E-state index contributed by atoms with van der Waals surface area (Å²) in [6.45, 7) is 5.56. The van der Waals surface area contributed by atoms with Gasteiger partial charge in [-0.05, 0) is 37.3 Å². The Labute approximate surface area is 121 Å². The van der Waals surface area contributed by atoms with Crippen LogP contribution < -0.4 is 10.9 Å². The maximum atomic E-state index is 11.9. The third-order valence-corrected chi connectivity index (χ3v) is 2.70. The van der Waals surface area contributed by atoms with Crippen LogP contribution >= 0.6 is 0 Å². The smallest absolute Gasteiger partial charge is 0.348 e. The van der Waals surface area contributed by atoms with Crippen LogP contribution in [0.3, 0.4) is 0 Å². The van der Waals surface area contributed by atoms with Gasteiger partial charge in [-0.2, -0.15) is 10.2 Å². The summed E-state index contributed by atoms with van der Waals surface area (Å²) in [4.78, 5) is 16.1. The summed E-state index contributed by atoms with van der Waals surface area (Å²) in [5.74, 6) is 0. The molecule has 1 aromatic carbocycles. The van der Waals surface area contributed by atoms with Crippen LogP contribution in [0.15, 0.2) is 64.0 Å². The number of aromatic nitrogens is 1. The van der Waals surface area contributed by atoms with Crippen LogP contribution in [-0.4, -0.2) is 4.98 Å². The average Bonchev–Trinajstić information content (AvgIpc) is 2.51. The lowest BCUT2D eigenvalue weighted by Crippen LogP contribution is -2.07. The molecule has 5 nitrogen and oxygen atoms in total. The first kappa shape index (κ1) is 14.3. The molecule has 1 aromatic heterocycles.